The normalized spacial score (nSPS) is 11.7. The van der Waals surface area contributed by atoms with Crippen LogP contribution in [0.15, 0.2) is 0 Å². The molecule has 3 nitrogen and oxygen atoms in total. The van der Waals surface area contributed by atoms with Gasteiger partial charge in [0.05, 0.1) is 17.8 Å². The third-order valence-corrected chi connectivity index (χ3v) is 2.59. The molecule has 0 bridgehead atoms. The van der Waals surface area contributed by atoms with E-state index in [4.69, 9.17) is 11.6 Å². The Hall–Kier alpha value is -1.04. The van der Waals surface area contributed by atoms with E-state index in [1.165, 1.54) is 11.9 Å². The monoisotopic (exact) mass is 267 g/mol. The van der Waals surface area contributed by atoms with Gasteiger partial charge in [-0.25, -0.2) is 9.97 Å². The first kappa shape index (κ1) is 14.0. The van der Waals surface area contributed by atoms with Gasteiger partial charge in [0.25, 0.3) is 0 Å². The molecular weight excluding hydrogens is 255 g/mol. The molecule has 0 aliphatic carbocycles. The molecule has 0 N–H and O–H groups in total. The Balaban J connectivity index is 2.82. The van der Waals surface area contributed by atoms with Crippen molar-refractivity contribution < 1.29 is 13.2 Å². The lowest BCUT2D eigenvalue weighted by Gasteiger charge is -2.20. The van der Waals surface area contributed by atoms with Gasteiger partial charge in [0.1, 0.15) is 0 Å². The maximum absolute atomic E-state index is 12.1. The molecule has 0 unspecified atom stereocenters. The fourth-order valence-electron chi connectivity index (χ4n) is 1.21. The molecule has 0 radical (unpaired) electrons. The van der Waals surface area contributed by atoms with Gasteiger partial charge in [-0.05, 0) is 13.8 Å². The molecule has 1 heterocycles. The molecule has 0 saturated carbocycles. The SMILES string of the molecule is Cc1nc(Cl)c(N(C)CCC(F)(F)F)nc1C. The second kappa shape index (κ2) is 5.08. The van der Waals surface area contributed by atoms with Crippen LogP contribution in [0.4, 0.5) is 19.0 Å². The first-order chi connectivity index (χ1) is 7.70. The van der Waals surface area contributed by atoms with Crippen LogP contribution in [0.2, 0.25) is 5.15 Å². The summed E-state index contributed by atoms with van der Waals surface area (Å²) in [6, 6.07) is 0. The van der Waals surface area contributed by atoms with Crippen molar-refractivity contribution in [1.29, 1.82) is 0 Å². The van der Waals surface area contributed by atoms with Crippen molar-refractivity contribution in [3.05, 3.63) is 16.5 Å². The lowest BCUT2D eigenvalue weighted by atomic mass is 10.3. The van der Waals surface area contributed by atoms with Crippen molar-refractivity contribution in [2.75, 3.05) is 18.5 Å². The highest BCUT2D eigenvalue weighted by atomic mass is 35.5. The van der Waals surface area contributed by atoms with E-state index < -0.39 is 12.6 Å². The van der Waals surface area contributed by atoms with Gasteiger partial charge >= 0.3 is 6.18 Å². The third-order valence-electron chi connectivity index (χ3n) is 2.34. The molecule has 0 aromatic carbocycles. The van der Waals surface area contributed by atoms with Crippen LogP contribution in [0.3, 0.4) is 0 Å². The number of aryl methyl sites for hydroxylation is 2. The summed E-state index contributed by atoms with van der Waals surface area (Å²) in [5.74, 6) is 0.277. The first-order valence-electron chi connectivity index (χ1n) is 4.99. The van der Waals surface area contributed by atoms with Gasteiger partial charge in [-0.2, -0.15) is 13.2 Å². The van der Waals surface area contributed by atoms with Crippen molar-refractivity contribution >= 4 is 17.4 Å². The first-order valence-corrected chi connectivity index (χ1v) is 5.37. The maximum Gasteiger partial charge on any atom is 0.390 e. The summed E-state index contributed by atoms with van der Waals surface area (Å²) < 4.78 is 36.2. The molecule has 7 heteroatoms. The second-order valence-electron chi connectivity index (χ2n) is 3.80. The Morgan fingerprint density at radius 2 is 1.71 bits per heavy atom. The number of hydrogen-bond donors (Lipinski definition) is 0. The molecule has 0 amide bonds. The Morgan fingerprint density at radius 3 is 2.24 bits per heavy atom. The Labute approximate surface area is 103 Å². The van der Waals surface area contributed by atoms with Crippen LogP contribution in [-0.2, 0) is 0 Å². The molecule has 1 rings (SSSR count). The zero-order chi connectivity index (χ0) is 13.2. The minimum absolute atomic E-state index is 0.123. The standard InChI is InChI=1S/C10H13ClF3N3/c1-6-7(2)16-9(8(11)15-6)17(3)5-4-10(12,13)14/h4-5H2,1-3H3. The van der Waals surface area contributed by atoms with Gasteiger partial charge in [-0.3, -0.25) is 0 Å². The number of nitrogens with zero attached hydrogens (tertiary/aromatic N) is 3. The molecule has 0 fully saturated rings. The Morgan fingerprint density at radius 1 is 1.18 bits per heavy atom. The Bertz CT molecular complexity index is 407. The highest BCUT2D eigenvalue weighted by molar-refractivity contribution is 6.31. The molecule has 0 aliphatic rings. The van der Waals surface area contributed by atoms with Gasteiger partial charge in [-0.1, -0.05) is 11.6 Å². The van der Waals surface area contributed by atoms with Crippen LogP contribution in [0.5, 0.6) is 0 Å². The molecule has 96 valence electrons. The van der Waals surface area contributed by atoms with E-state index in [-0.39, 0.29) is 17.5 Å². The number of halogens is 4. The Kier molecular flexibility index (Phi) is 4.19. The average molecular weight is 268 g/mol. The summed E-state index contributed by atoms with van der Waals surface area (Å²) in [5.41, 5.74) is 1.33. The number of anilines is 1. The topological polar surface area (TPSA) is 29.0 Å². The molecule has 17 heavy (non-hydrogen) atoms. The van der Waals surface area contributed by atoms with E-state index in [0.29, 0.717) is 11.4 Å². The largest absolute Gasteiger partial charge is 0.390 e. The summed E-state index contributed by atoms with van der Waals surface area (Å²) >= 11 is 5.85. The molecule has 0 atom stereocenters. The van der Waals surface area contributed by atoms with E-state index in [9.17, 15) is 13.2 Å². The lowest BCUT2D eigenvalue weighted by Crippen LogP contribution is -2.25. The van der Waals surface area contributed by atoms with Crippen LogP contribution in [0, 0.1) is 13.8 Å². The summed E-state index contributed by atoms with van der Waals surface area (Å²) in [6.45, 7) is 3.29. The molecule has 1 aromatic rings. The number of rotatable bonds is 3. The lowest BCUT2D eigenvalue weighted by molar-refractivity contribution is -0.132. The van der Waals surface area contributed by atoms with E-state index in [0.717, 1.165) is 0 Å². The molecule has 0 spiro atoms. The van der Waals surface area contributed by atoms with Crippen LogP contribution < -0.4 is 4.90 Å². The number of hydrogen-bond acceptors (Lipinski definition) is 3. The maximum atomic E-state index is 12.1. The van der Waals surface area contributed by atoms with Gasteiger partial charge in [-0.15, -0.1) is 0 Å². The van der Waals surface area contributed by atoms with E-state index in [1.54, 1.807) is 13.8 Å². The molecule has 0 saturated heterocycles. The van der Waals surface area contributed by atoms with Crippen molar-refractivity contribution in [2.45, 2.75) is 26.4 Å². The smallest absolute Gasteiger partial charge is 0.357 e. The second-order valence-corrected chi connectivity index (χ2v) is 4.15. The van der Waals surface area contributed by atoms with Crippen LogP contribution in [0.1, 0.15) is 17.8 Å². The van der Waals surface area contributed by atoms with Crippen LogP contribution >= 0.6 is 11.6 Å². The minimum Gasteiger partial charge on any atom is -0.357 e. The van der Waals surface area contributed by atoms with Gasteiger partial charge in [0, 0.05) is 13.6 Å². The van der Waals surface area contributed by atoms with Crippen LogP contribution in [0.25, 0.3) is 0 Å². The fraction of sp³-hybridized carbons (Fsp3) is 0.600. The van der Waals surface area contributed by atoms with Gasteiger partial charge in [0.15, 0.2) is 11.0 Å². The van der Waals surface area contributed by atoms with Gasteiger partial charge < -0.3 is 4.90 Å². The predicted molar refractivity (Wildman–Crippen MR) is 60.5 cm³/mol. The highest BCUT2D eigenvalue weighted by Gasteiger charge is 2.27. The van der Waals surface area contributed by atoms with E-state index >= 15 is 0 Å². The summed E-state index contributed by atoms with van der Waals surface area (Å²) in [5, 5.41) is 0.123. The summed E-state index contributed by atoms with van der Waals surface area (Å²) in [7, 11) is 1.51. The highest BCUT2D eigenvalue weighted by Crippen LogP contribution is 2.24. The number of aromatic nitrogens is 2. The fourth-order valence-corrected chi connectivity index (χ4v) is 1.52. The molecule has 0 aliphatic heterocycles. The van der Waals surface area contributed by atoms with E-state index in [1.807, 2.05) is 0 Å². The average Bonchev–Trinajstić information content (AvgIpc) is 2.19. The van der Waals surface area contributed by atoms with Crippen molar-refractivity contribution in [2.24, 2.45) is 0 Å². The minimum atomic E-state index is -4.19. The quantitative estimate of drug-likeness (QED) is 0.842. The molecule has 1 aromatic heterocycles. The summed E-state index contributed by atoms with van der Waals surface area (Å²) in [6.07, 6.45) is -5.09. The molecular formula is C10H13ClF3N3. The van der Waals surface area contributed by atoms with E-state index in [2.05, 4.69) is 9.97 Å². The summed E-state index contributed by atoms with van der Waals surface area (Å²) in [4.78, 5) is 9.51. The zero-order valence-corrected chi connectivity index (χ0v) is 10.5. The van der Waals surface area contributed by atoms with Crippen molar-refractivity contribution in [3.8, 4) is 0 Å². The van der Waals surface area contributed by atoms with Crippen molar-refractivity contribution in [1.82, 2.24) is 9.97 Å². The van der Waals surface area contributed by atoms with Gasteiger partial charge in [0.2, 0.25) is 0 Å². The number of alkyl halides is 3. The predicted octanol–water partition coefficient (Wildman–Crippen LogP) is 3.14. The zero-order valence-electron chi connectivity index (χ0n) is 9.77. The van der Waals surface area contributed by atoms with Crippen molar-refractivity contribution in [3.63, 3.8) is 0 Å². The van der Waals surface area contributed by atoms with Crippen LogP contribution in [-0.4, -0.2) is 29.7 Å². The third kappa shape index (κ3) is 4.03.